The van der Waals surface area contributed by atoms with E-state index in [1.165, 1.54) is 20.3 Å². The molecule has 0 aliphatic rings. The van der Waals surface area contributed by atoms with Crippen molar-refractivity contribution >= 4 is 29.3 Å². The first-order valence-corrected chi connectivity index (χ1v) is 9.47. The van der Waals surface area contributed by atoms with Gasteiger partial charge in [0.25, 0.3) is 0 Å². The third-order valence-corrected chi connectivity index (χ3v) is 4.21. The second kappa shape index (κ2) is 10.6. The van der Waals surface area contributed by atoms with Gasteiger partial charge in [0.15, 0.2) is 11.5 Å². The number of halogens is 1. The Hall–Kier alpha value is -2.86. The fourth-order valence-electron chi connectivity index (χ4n) is 2.47. The molecule has 1 N–H and O–H groups in total. The maximum Gasteiger partial charge on any atom is 0.248 e. The molecule has 0 atom stereocenters. The molecular formula is C22H26ClNO5. The maximum atomic E-state index is 12.4. The first kappa shape index (κ1) is 22.4. The molecule has 0 saturated heterocycles. The lowest BCUT2D eigenvalue weighted by molar-refractivity contribution is -0.111. The summed E-state index contributed by atoms with van der Waals surface area (Å²) in [5, 5.41) is 3.15. The van der Waals surface area contributed by atoms with Crippen LogP contribution in [0, 0.1) is 5.92 Å². The summed E-state index contributed by atoms with van der Waals surface area (Å²) in [7, 11) is 4.58. The van der Waals surface area contributed by atoms with Crippen LogP contribution in [0.25, 0.3) is 6.08 Å². The molecule has 1 amide bonds. The van der Waals surface area contributed by atoms with Crippen molar-refractivity contribution < 1.29 is 23.7 Å². The van der Waals surface area contributed by atoms with E-state index >= 15 is 0 Å². The van der Waals surface area contributed by atoms with Crippen LogP contribution in [0.3, 0.4) is 0 Å². The third-order valence-electron chi connectivity index (χ3n) is 3.92. The van der Waals surface area contributed by atoms with Gasteiger partial charge in [-0.1, -0.05) is 31.5 Å². The Labute approximate surface area is 176 Å². The molecule has 0 spiro atoms. The summed E-state index contributed by atoms with van der Waals surface area (Å²) in [4.78, 5) is 12.4. The normalized spacial score (nSPS) is 10.9. The van der Waals surface area contributed by atoms with Gasteiger partial charge < -0.3 is 24.3 Å². The van der Waals surface area contributed by atoms with Crippen LogP contribution < -0.4 is 24.3 Å². The summed E-state index contributed by atoms with van der Waals surface area (Å²) in [6.07, 6.45) is 3.10. The monoisotopic (exact) mass is 419 g/mol. The lowest BCUT2D eigenvalue weighted by Crippen LogP contribution is -2.09. The summed E-state index contributed by atoms with van der Waals surface area (Å²) < 4.78 is 21.6. The number of benzene rings is 2. The van der Waals surface area contributed by atoms with Gasteiger partial charge in [-0.25, -0.2) is 0 Å². The zero-order chi connectivity index (χ0) is 21.4. The Bertz CT molecular complexity index is 880. The molecule has 6 nitrogen and oxygen atoms in total. The number of carbonyl (C=O) groups is 1. The number of rotatable bonds is 9. The number of nitrogens with one attached hydrogen (secondary N) is 1. The van der Waals surface area contributed by atoms with Gasteiger partial charge >= 0.3 is 0 Å². The fraction of sp³-hybridized carbons (Fsp3) is 0.318. The van der Waals surface area contributed by atoms with Crippen molar-refractivity contribution in [1.82, 2.24) is 0 Å². The molecule has 2 rings (SSSR count). The van der Waals surface area contributed by atoms with Crippen LogP contribution in [-0.4, -0.2) is 33.8 Å². The van der Waals surface area contributed by atoms with Crippen molar-refractivity contribution in [1.29, 1.82) is 0 Å². The topological polar surface area (TPSA) is 66.0 Å². The highest BCUT2D eigenvalue weighted by atomic mass is 35.5. The molecule has 0 saturated carbocycles. The van der Waals surface area contributed by atoms with Crippen molar-refractivity contribution in [2.24, 2.45) is 5.92 Å². The lowest BCUT2D eigenvalue weighted by Gasteiger charge is -2.13. The molecule has 0 aromatic heterocycles. The minimum absolute atomic E-state index is 0.327. The van der Waals surface area contributed by atoms with Gasteiger partial charge in [0, 0.05) is 18.2 Å². The highest BCUT2D eigenvalue weighted by molar-refractivity contribution is 6.32. The van der Waals surface area contributed by atoms with Crippen LogP contribution in [0.15, 0.2) is 36.4 Å². The fourth-order valence-corrected chi connectivity index (χ4v) is 2.70. The molecule has 0 bridgehead atoms. The Kier molecular flexibility index (Phi) is 8.21. The number of ether oxygens (including phenoxy) is 4. The van der Waals surface area contributed by atoms with Gasteiger partial charge in [-0.3, -0.25) is 4.79 Å². The summed E-state index contributed by atoms with van der Waals surface area (Å²) in [6, 6.07) is 8.68. The van der Waals surface area contributed by atoms with E-state index in [9.17, 15) is 4.79 Å². The first-order valence-electron chi connectivity index (χ1n) is 9.09. The molecule has 0 aliphatic heterocycles. The summed E-state index contributed by atoms with van der Waals surface area (Å²) in [5.41, 5.74) is 1.26. The Morgan fingerprint density at radius 2 is 1.69 bits per heavy atom. The number of carbonyl (C=O) groups excluding carboxylic acids is 1. The zero-order valence-electron chi connectivity index (χ0n) is 17.2. The number of anilines is 1. The van der Waals surface area contributed by atoms with Crippen molar-refractivity contribution in [2.45, 2.75) is 13.8 Å². The highest BCUT2D eigenvalue weighted by Gasteiger charge is 2.12. The van der Waals surface area contributed by atoms with Gasteiger partial charge in [0.1, 0.15) is 11.5 Å². The van der Waals surface area contributed by atoms with E-state index in [2.05, 4.69) is 19.2 Å². The predicted octanol–water partition coefficient (Wildman–Crippen LogP) is 5.05. The largest absolute Gasteiger partial charge is 0.495 e. The van der Waals surface area contributed by atoms with Crippen molar-refractivity contribution in [3.8, 4) is 23.0 Å². The molecule has 0 unspecified atom stereocenters. The second-order valence-corrected chi connectivity index (χ2v) is 7.03. The van der Waals surface area contributed by atoms with E-state index < -0.39 is 0 Å². The predicted molar refractivity (Wildman–Crippen MR) is 116 cm³/mol. The lowest BCUT2D eigenvalue weighted by atomic mass is 10.2. The van der Waals surface area contributed by atoms with E-state index in [0.29, 0.717) is 46.2 Å². The molecule has 2 aromatic rings. The maximum absolute atomic E-state index is 12.4. The van der Waals surface area contributed by atoms with Crippen LogP contribution in [0.4, 0.5) is 5.69 Å². The number of hydrogen-bond donors (Lipinski definition) is 1. The van der Waals surface area contributed by atoms with Gasteiger partial charge in [-0.05, 0) is 29.7 Å². The van der Waals surface area contributed by atoms with E-state index in [-0.39, 0.29) is 5.91 Å². The molecular weight excluding hydrogens is 394 g/mol. The first-order chi connectivity index (χ1) is 13.9. The van der Waals surface area contributed by atoms with Gasteiger partial charge in [-0.2, -0.15) is 0 Å². The minimum Gasteiger partial charge on any atom is -0.495 e. The molecule has 2 aromatic carbocycles. The van der Waals surface area contributed by atoms with E-state index in [1.807, 2.05) is 18.2 Å². The molecule has 0 heterocycles. The quantitative estimate of drug-likeness (QED) is 0.576. The van der Waals surface area contributed by atoms with Crippen LogP contribution in [-0.2, 0) is 4.79 Å². The van der Waals surface area contributed by atoms with Crippen molar-refractivity contribution in [3.05, 3.63) is 47.0 Å². The number of amides is 1. The molecule has 0 radical (unpaired) electrons. The third kappa shape index (κ3) is 6.32. The highest BCUT2D eigenvalue weighted by Crippen LogP contribution is 2.36. The van der Waals surface area contributed by atoms with Crippen molar-refractivity contribution in [3.63, 3.8) is 0 Å². The standard InChI is InChI=1S/C22H26ClNO5/c1-14(2)13-29-18-8-6-15(10-21(18)28-5)7-9-22(25)24-17-12-19(26-3)16(23)11-20(17)27-4/h6-12,14H,13H2,1-5H3,(H,24,25)/b9-7+. The Balaban J connectivity index is 2.13. The van der Waals surface area contributed by atoms with Crippen LogP contribution in [0.2, 0.25) is 5.02 Å². The molecule has 156 valence electrons. The van der Waals surface area contributed by atoms with Crippen LogP contribution in [0.1, 0.15) is 19.4 Å². The molecule has 0 fully saturated rings. The van der Waals surface area contributed by atoms with Crippen LogP contribution >= 0.6 is 11.6 Å². The molecule has 29 heavy (non-hydrogen) atoms. The van der Waals surface area contributed by atoms with Gasteiger partial charge in [0.2, 0.25) is 5.91 Å². The number of methoxy groups -OCH3 is 3. The Morgan fingerprint density at radius 3 is 2.31 bits per heavy atom. The molecule has 0 aliphatic carbocycles. The smallest absolute Gasteiger partial charge is 0.248 e. The van der Waals surface area contributed by atoms with Crippen LogP contribution in [0.5, 0.6) is 23.0 Å². The Morgan fingerprint density at radius 1 is 1.00 bits per heavy atom. The summed E-state index contributed by atoms with van der Waals surface area (Å²) in [6.45, 7) is 4.75. The summed E-state index contributed by atoms with van der Waals surface area (Å²) in [5.74, 6) is 2.23. The zero-order valence-corrected chi connectivity index (χ0v) is 18.0. The second-order valence-electron chi connectivity index (χ2n) is 6.62. The summed E-state index contributed by atoms with van der Waals surface area (Å²) >= 11 is 6.09. The minimum atomic E-state index is -0.327. The van der Waals surface area contributed by atoms with E-state index in [0.717, 1.165) is 5.56 Å². The van der Waals surface area contributed by atoms with E-state index in [1.54, 1.807) is 25.3 Å². The van der Waals surface area contributed by atoms with E-state index in [4.69, 9.17) is 30.5 Å². The average molecular weight is 420 g/mol. The SMILES string of the molecule is COc1cc(NC(=O)/C=C/c2ccc(OCC(C)C)c(OC)c2)c(OC)cc1Cl. The number of hydrogen-bond acceptors (Lipinski definition) is 5. The molecule has 7 heteroatoms. The van der Waals surface area contributed by atoms with Gasteiger partial charge in [0.05, 0.1) is 38.6 Å². The van der Waals surface area contributed by atoms with Gasteiger partial charge in [-0.15, -0.1) is 0 Å². The van der Waals surface area contributed by atoms with Crippen molar-refractivity contribution in [2.75, 3.05) is 33.3 Å². The average Bonchev–Trinajstić information content (AvgIpc) is 2.71.